The maximum Gasteiger partial charge on any atom is 0.474 e. The van der Waals surface area contributed by atoms with E-state index in [2.05, 4.69) is 34.6 Å². The Morgan fingerprint density at radius 2 is 0.667 bits per heavy atom. The van der Waals surface area contributed by atoms with Crippen LogP contribution in [-0.4, -0.2) is 19.8 Å². The zero-order chi connectivity index (χ0) is 28.9. The number of unbranched alkanes of at least 4 members (excludes halogenated alkanes) is 19. The molecule has 5 heteroatoms. The van der Waals surface area contributed by atoms with Gasteiger partial charge in [0.25, 0.3) is 0 Å². The van der Waals surface area contributed by atoms with Crippen molar-refractivity contribution in [1.82, 2.24) is 0 Å². The number of hydrogen-bond donors (Lipinski definition) is 0. The number of phosphoric ester groups is 1. The fourth-order valence-electron chi connectivity index (χ4n) is 4.95. The highest BCUT2D eigenvalue weighted by Gasteiger charge is 2.26. The molecule has 0 amide bonds. The predicted molar refractivity (Wildman–Crippen MR) is 172 cm³/mol. The Morgan fingerprint density at radius 3 is 0.949 bits per heavy atom. The maximum absolute atomic E-state index is 13.2. The van der Waals surface area contributed by atoms with Crippen molar-refractivity contribution in [2.75, 3.05) is 19.8 Å². The minimum absolute atomic E-state index is 0.460. The minimum atomic E-state index is -3.44. The smallest absolute Gasteiger partial charge is 0.287 e. The summed E-state index contributed by atoms with van der Waals surface area (Å²) in [4.78, 5) is 0. The van der Waals surface area contributed by atoms with Crippen LogP contribution in [0.1, 0.15) is 189 Å². The molecule has 0 aliphatic carbocycles. The summed E-state index contributed by atoms with van der Waals surface area (Å²) >= 11 is 0. The van der Waals surface area contributed by atoms with Crippen molar-refractivity contribution in [2.45, 2.75) is 189 Å². The average Bonchev–Trinajstić information content (AvgIpc) is 2.89. The molecule has 0 atom stereocenters. The van der Waals surface area contributed by atoms with Crippen LogP contribution in [0.5, 0.6) is 0 Å². The van der Waals surface area contributed by atoms with Gasteiger partial charge in [0, 0.05) is 0 Å². The average molecular weight is 575 g/mol. The summed E-state index contributed by atoms with van der Waals surface area (Å²) in [5.41, 5.74) is 0. The SMILES string of the molecule is CCCCCCCCCCCCCCCCCCOP(=O)(OCCCCCC(C)C)OCCCCCC(C)C. The van der Waals surface area contributed by atoms with Crippen LogP contribution in [-0.2, 0) is 18.1 Å². The van der Waals surface area contributed by atoms with E-state index in [1.54, 1.807) is 0 Å². The monoisotopic (exact) mass is 575 g/mol. The third kappa shape index (κ3) is 30.9. The van der Waals surface area contributed by atoms with Crippen molar-refractivity contribution in [1.29, 1.82) is 0 Å². The Labute approximate surface area is 246 Å². The van der Waals surface area contributed by atoms with Crippen molar-refractivity contribution in [2.24, 2.45) is 11.8 Å². The fourth-order valence-corrected chi connectivity index (χ4v) is 6.24. The zero-order valence-electron chi connectivity index (χ0n) is 27.3. The van der Waals surface area contributed by atoms with Gasteiger partial charge in [-0.15, -0.1) is 0 Å². The molecule has 0 aliphatic heterocycles. The molecule has 236 valence electrons. The van der Waals surface area contributed by atoms with Crippen molar-refractivity contribution >= 4 is 7.82 Å². The van der Waals surface area contributed by atoms with E-state index in [4.69, 9.17) is 13.6 Å². The Kier molecular flexibility index (Phi) is 29.7. The molecule has 0 rings (SSSR count). The van der Waals surface area contributed by atoms with E-state index in [-0.39, 0.29) is 0 Å². The largest absolute Gasteiger partial charge is 0.474 e. The summed E-state index contributed by atoms with van der Waals surface area (Å²) in [6.45, 7) is 12.7. The molecule has 0 aliphatic rings. The van der Waals surface area contributed by atoms with Crippen molar-refractivity contribution in [3.63, 3.8) is 0 Å². The second-order valence-corrected chi connectivity index (χ2v) is 14.4. The molecule has 0 saturated carbocycles. The molecule has 39 heavy (non-hydrogen) atoms. The molecular weight excluding hydrogens is 503 g/mol. The van der Waals surface area contributed by atoms with Gasteiger partial charge >= 0.3 is 7.82 Å². The van der Waals surface area contributed by atoms with Gasteiger partial charge in [-0.1, -0.05) is 169 Å². The van der Waals surface area contributed by atoms with E-state index in [0.717, 1.165) is 50.4 Å². The van der Waals surface area contributed by atoms with Crippen LogP contribution >= 0.6 is 7.82 Å². The summed E-state index contributed by atoms with van der Waals surface area (Å²) in [7, 11) is -3.44. The summed E-state index contributed by atoms with van der Waals surface area (Å²) < 4.78 is 30.4. The molecule has 0 spiro atoms. The third-order valence-corrected chi connectivity index (χ3v) is 9.09. The van der Waals surface area contributed by atoms with Crippen LogP contribution in [0.15, 0.2) is 0 Å². The molecule has 0 saturated heterocycles. The molecule has 0 aromatic rings. The molecule has 0 fully saturated rings. The van der Waals surface area contributed by atoms with Crippen LogP contribution in [0.2, 0.25) is 0 Å². The first-order chi connectivity index (χ1) is 18.9. The van der Waals surface area contributed by atoms with E-state index in [1.165, 1.54) is 116 Å². The first-order valence-corrected chi connectivity index (χ1v) is 18.9. The van der Waals surface area contributed by atoms with Gasteiger partial charge in [0.2, 0.25) is 0 Å². The van der Waals surface area contributed by atoms with Gasteiger partial charge in [-0.2, -0.15) is 0 Å². The van der Waals surface area contributed by atoms with Gasteiger partial charge in [0.15, 0.2) is 0 Å². The van der Waals surface area contributed by atoms with Crippen molar-refractivity contribution in [3.8, 4) is 0 Å². The van der Waals surface area contributed by atoms with Crippen LogP contribution in [0.3, 0.4) is 0 Å². The van der Waals surface area contributed by atoms with Crippen molar-refractivity contribution in [3.05, 3.63) is 0 Å². The lowest BCUT2D eigenvalue weighted by atomic mass is 10.0. The van der Waals surface area contributed by atoms with Gasteiger partial charge in [-0.05, 0) is 31.1 Å². The highest BCUT2D eigenvalue weighted by Crippen LogP contribution is 2.50. The summed E-state index contributed by atoms with van der Waals surface area (Å²) in [5.74, 6) is 1.47. The highest BCUT2D eigenvalue weighted by atomic mass is 31.2. The molecule has 0 heterocycles. The van der Waals surface area contributed by atoms with Gasteiger partial charge in [0.05, 0.1) is 19.8 Å². The zero-order valence-corrected chi connectivity index (χ0v) is 28.2. The Bertz CT molecular complexity index is 499. The molecule has 0 aromatic heterocycles. The van der Waals surface area contributed by atoms with Gasteiger partial charge in [-0.3, -0.25) is 13.6 Å². The highest BCUT2D eigenvalue weighted by molar-refractivity contribution is 7.48. The molecule has 0 bridgehead atoms. The first-order valence-electron chi connectivity index (χ1n) is 17.4. The number of phosphoric acid groups is 1. The van der Waals surface area contributed by atoms with Gasteiger partial charge in [-0.25, -0.2) is 4.57 Å². The van der Waals surface area contributed by atoms with Crippen LogP contribution in [0.25, 0.3) is 0 Å². The topological polar surface area (TPSA) is 44.8 Å². The van der Waals surface area contributed by atoms with E-state index in [1.807, 2.05) is 0 Å². The van der Waals surface area contributed by atoms with Crippen molar-refractivity contribution < 1.29 is 18.1 Å². The number of rotatable bonds is 32. The Hall–Kier alpha value is 0.110. The standard InChI is InChI=1S/C34H71O4P/c1-6-7-8-9-10-11-12-13-14-15-16-17-18-19-20-25-30-36-39(35,37-31-26-21-23-28-33(2)3)38-32-27-22-24-29-34(4)5/h33-34H,6-32H2,1-5H3. The predicted octanol–water partition coefficient (Wildman–Crippen LogP) is 12.8. The van der Waals surface area contributed by atoms with Gasteiger partial charge in [0.1, 0.15) is 0 Å². The molecule has 4 nitrogen and oxygen atoms in total. The van der Waals surface area contributed by atoms with Gasteiger partial charge < -0.3 is 0 Å². The van der Waals surface area contributed by atoms with Crippen LogP contribution < -0.4 is 0 Å². The summed E-state index contributed by atoms with van der Waals surface area (Å²) in [5, 5.41) is 0. The molecule has 0 N–H and O–H groups in total. The molecule has 0 unspecified atom stereocenters. The lowest BCUT2D eigenvalue weighted by molar-refractivity contribution is 0.108. The van der Waals surface area contributed by atoms with E-state index in [0.29, 0.717) is 19.8 Å². The normalized spacial score (nSPS) is 12.3. The number of hydrogen-bond acceptors (Lipinski definition) is 4. The van der Waals surface area contributed by atoms with Crippen LogP contribution in [0.4, 0.5) is 0 Å². The maximum atomic E-state index is 13.2. The second kappa shape index (κ2) is 29.6. The van der Waals surface area contributed by atoms with Crippen LogP contribution in [0, 0.1) is 11.8 Å². The summed E-state index contributed by atoms with van der Waals surface area (Å²) in [6.07, 6.45) is 30.4. The van der Waals surface area contributed by atoms with E-state index >= 15 is 0 Å². The summed E-state index contributed by atoms with van der Waals surface area (Å²) in [6, 6.07) is 0. The molecule has 0 aromatic carbocycles. The molecular formula is C34H71O4P. The second-order valence-electron chi connectivity index (χ2n) is 12.7. The Balaban J connectivity index is 3.87. The molecule has 0 radical (unpaired) electrons. The lowest BCUT2D eigenvalue weighted by Crippen LogP contribution is -2.04. The Morgan fingerprint density at radius 1 is 0.410 bits per heavy atom. The fraction of sp³-hybridized carbons (Fsp3) is 1.00. The first kappa shape index (κ1) is 39.1. The quantitative estimate of drug-likeness (QED) is 0.0592. The minimum Gasteiger partial charge on any atom is -0.287 e. The van der Waals surface area contributed by atoms with E-state index < -0.39 is 7.82 Å². The van der Waals surface area contributed by atoms with E-state index in [9.17, 15) is 4.57 Å². The lowest BCUT2D eigenvalue weighted by Gasteiger charge is -2.18. The third-order valence-electron chi connectivity index (χ3n) is 7.60.